The molecule has 25 heavy (non-hydrogen) atoms. The first kappa shape index (κ1) is 17.5. The minimum atomic E-state index is -3.62. The normalized spacial score (nSPS) is 20.1. The highest BCUT2D eigenvalue weighted by atomic mass is 32.2. The molecule has 0 fully saturated rings. The number of allylic oxidation sites excluding steroid dienone is 3. The third kappa shape index (κ3) is 3.14. The van der Waals surface area contributed by atoms with E-state index in [4.69, 9.17) is 0 Å². The maximum absolute atomic E-state index is 13.3. The summed E-state index contributed by atoms with van der Waals surface area (Å²) < 4.78 is 27.1. The fourth-order valence-electron chi connectivity index (χ4n) is 3.11. The van der Waals surface area contributed by atoms with Crippen LogP contribution < -0.4 is 5.32 Å². The van der Waals surface area contributed by atoms with Gasteiger partial charge in [-0.2, -0.15) is 0 Å². The highest BCUT2D eigenvalue weighted by Gasteiger charge is 2.38. The van der Waals surface area contributed by atoms with Crippen molar-refractivity contribution in [2.75, 3.05) is 6.54 Å². The van der Waals surface area contributed by atoms with Gasteiger partial charge < -0.3 is 5.32 Å². The van der Waals surface area contributed by atoms with Crippen LogP contribution in [0.3, 0.4) is 0 Å². The summed E-state index contributed by atoms with van der Waals surface area (Å²) >= 11 is 0. The summed E-state index contributed by atoms with van der Waals surface area (Å²) in [5.41, 5.74) is 1.58. The predicted molar refractivity (Wildman–Crippen MR) is 99.9 cm³/mol. The molecular formula is C19H22N2O3S. The smallest absolute Gasteiger partial charge is 0.248 e. The fourth-order valence-corrected chi connectivity index (χ4v) is 4.80. The molecule has 1 heterocycles. The van der Waals surface area contributed by atoms with Gasteiger partial charge in [0.25, 0.3) is 0 Å². The van der Waals surface area contributed by atoms with E-state index in [0.717, 1.165) is 10.9 Å². The van der Waals surface area contributed by atoms with Crippen LogP contribution in [0.5, 0.6) is 0 Å². The van der Waals surface area contributed by atoms with Crippen molar-refractivity contribution in [3.8, 4) is 0 Å². The van der Waals surface area contributed by atoms with E-state index in [1.54, 1.807) is 25.3 Å². The molecule has 0 radical (unpaired) electrons. The minimum Gasteiger partial charge on any atom is -0.356 e. The molecule has 0 spiro atoms. The third-order valence-electron chi connectivity index (χ3n) is 4.60. The summed E-state index contributed by atoms with van der Waals surface area (Å²) in [5.74, 6) is -0.0944. The summed E-state index contributed by atoms with van der Waals surface area (Å²) in [6.45, 7) is 3.69. The molecule has 0 saturated heterocycles. The van der Waals surface area contributed by atoms with Crippen molar-refractivity contribution >= 4 is 26.8 Å². The van der Waals surface area contributed by atoms with E-state index in [2.05, 4.69) is 5.32 Å². The number of hydrogen-bond acceptors (Lipinski definition) is 3. The van der Waals surface area contributed by atoms with Crippen LogP contribution in [0.15, 0.2) is 54.8 Å². The van der Waals surface area contributed by atoms with Gasteiger partial charge in [-0.3, -0.25) is 4.79 Å². The molecule has 1 aromatic heterocycles. The second kappa shape index (κ2) is 6.52. The van der Waals surface area contributed by atoms with Gasteiger partial charge in [0.05, 0.1) is 5.52 Å². The number of nitrogens with one attached hydrogen (secondary N) is 1. The number of carbonyl (C=O) groups excluding carboxylic acids is 1. The molecule has 2 aromatic rings. The van der Waals surface area contributed by atoms with E-state index in [1.165, 1.54) is 10.9 Å². The number of para-hydroxylation sites is 1. The molecule has 1 N–H and O–H groups in total. The summed E-state index contributed by atoms with van der Waals surface area (Å²) in [7, 11) is -3.62. The number of amides is 1. The van der Waals surface area contributed by atoms with Gasteiger partial charge in [-0.25, -0.2) is 12.4 Å². The van der Waals surface area contributed by atoms with E-state index in [9.17, 15) is 13.2 Å². The Morgan fingerprint density at radius 3 is 2.72 bits per heavy atom. The van der Waals surface area contributed by atoms with Gasteiger partial charge in [-0.15, -0.1) is 0 Å². The van der Waals surface area contributed by atoms with E-state index in [1.807, 2.05) is 36.4 Å². The molecule has 1 unspecified atom stereocenters. The van der Waals surface area contributed by atoms with Crippen LogP contribution in [-0.2, 0) is 21.2 Å². The lowest BCUT2D eigenvalue weighted by Gasteiger charge is -2.27. The van der Waals surface area contributed by atoms with Crippen LogP contribution >= 0.6 is 0 Å². The van der Waals surface area contributed by atoms with Crippen molar-refractivity contribution in [1.82, 2.24) is 9.29 Å². The van der Waals surface area contributed by atoms with Gasteiger partial charge in [-0.1, -0.05) is 42.5 Å². The summed E-state index contributed by atoms with van der Waals surface area (Å²) in [6, 6.07) is 7.47. The summed E-state index contributed by atoms with van der Waals surface area (Å²) in [5, 5.41) is 3.66. The largest absolute Gasteiger partial charge is 0.356 e. The highest BCUT2D eigenvalue weighted by molar-refractivity contribution is 7.91. The number of nitrogens with zero attached hydrogens (tertiary/aromatic N) is 1. The molecule has 1 aliphatic rings. The molecule has 5 nitrogen and oxygen atoms in total. The zero-order valence-corrected chi connectivity index (χ0v) is 15.2. The Hall–Kier alpha value is -2.34. The van der Waals surface area contributed by atoms with Gasteiger partial charge in [0, 0.05) is 25.1 Å². The SMILES string of the molecule is CC(=O)NCCc1cn(S(=O)(=O)C2(C)C=CC=CC2)c2ccccc12. The Bertz CT molecular complexity index is 970. The van der Waals surface area contributed by atoms with E-state index in [-0.39, 0.29) is 5.91 Å². The van der Waals surface area contributed by atoms with Crippen LogP contribution in [-0.4, -0.2) is 29.6 Å². The molecular weight excluding hydrogens is 336 g/mol. The molecule has 3 rings (SSSR count). The zero-order chi connectivity index (χ0) is 18.1. The lowest BCUT2D eigenvalue weighted by molar-refractivity contribution is -0.118. The first-order valence-corrected chi connectivity index (χ1v) is 9.72. The van der Waals surface area contributed by atoms with Crippen molar-refractivity contribution in [2.45, 2.75) is 31.4 Å². The Balaban J connectivity index is 2.06. The van der Waals surface area contributed by atoms with Gasteiger partial charge in [0.15, 0.2) is 0 Å². The zero-order valence-electron chi connectivity index (χ0n) is 14.4. The second-order valence-corrected chi connectivity index (χ2v) is 8.79. The van der Waals surface area contributed by atoms with Crippen molar-refractivity contribution in [3.63, 3.8) is 0 Å². The van der Waals surface area contributed by atoms with Crippen molar-refractivity contribution in [3.05, 3.63) is 60.3 Å². The molecule has 6 heteroatoms. The average Bonchev–Trinajstić information content (AvgIpc) is 2.95. The van der Waals surface area contributed by atoms with Gasteiger partial charge in [0.1, 0.15) is 4.75 Å². The Labute approximate surface area is 148 Å². The number of rotatable bonds is 5. The number of hydrogen-bond donors (Lipinski definition) is 1. The van der Waals surface area contributed by atoms with Crippen molar-refractivity contribution in [1.29, 1.82) is 0 Å². The quantitative estimate of drug-likeness (QED) is 0.894. The third-order valence-corrected chi connectivity index (χ3v) is 6.90. The molecule has 0 bridgehead atoms. The van der Waals surface area contributed by atoms with E-state index < -0.39 is 14.8 Å². The molecule has 1 aliphatic carbocycles. The Morgan fingerprint density at radius 2 is 2.04 bits per heavy atom. The Kier molecular flexibility index (Phi) is 4.56. The monoisotopic (exact) mass is 358 g/mol. The van der Waals surface area contributed by atoms with Crippen molar-refractivity contribution in [2.24, 2.45) is 0 Å². The van der Waals surface area contributed by atoms with Gasteiger partial charge in [0.2, 0.25) is 15.9 Å². The molecule has 0 aliphatic heterocycles. The van der Waals surface area contributed by atoms with Crippen LogP contribution in [0.4, 0.5) is 0 Å². The second-order valence-electron chi connectivity index (χ2n) is 6.51. The standard InChI is InChI=1S/C19H22N2O3S/c1-15(22)20-13-10-16-14-21(18-9-5-4-8-17(16)18)25(23,24)19(2)11-6-3-7-12-19/h3-9,11,14H,10,12-13H2,1-2H3,(H,20,22). The molecule has 0 saturated carbocycles. The minimum absolute atomic E-state index is 0.0944. The fraction of sp³-hybridized carbons (Fsp3) is 0.316. The van der Waals surface area contributed by atoms with Crippen LogP contribution in [0.25, 0.3) is 10.9 Å². The highest BCUT2D eigenvalue weighted by Crippen LogP contribution is 2.32. The summed E-state index contributed by atoms with van der Waals surface area (Å²) in [6.07, 6.45) is 9.98. The van der Waals surface area contributed by atoms with E-state index >= 15 is 0 Å². The van der Waals surface area contributed by atoms with Crippen LogP contribution in [0.2, 0.25) is 0 Å². The van der Waals surface area contributed by atoms with Gasteiger partial charge in [-0.05, 0) is 31.4 Å². The number of fused-ring (bicyclic) bond motifs is 1. The molecule has 1 aromatic carbocycles. The predicted octanol–water partition coefficient (Wildman–Crippen LogP) is 2.77. The lowest BCUT2D eigenvalue weighted by atomic mass is 10.0. The Morgan fingerprint density at radius 1 is 1.28 bits per heavy atom. The van der Waals surface area contributed by atoms with E-state index in [0.29, 0.717) is 24.9 Å². The number of carbonyl (C=O) groups is 1. The van der Waals surface area contributed by atoms with Crippen molar-refractivity contribution < 1.29 is 13.2 Å². The molecule has 1 amide bonds. The number of aromatic nitrogens is 1. The lowest BCUT2D eigenvalue weighted by Crippen LogP contribution is -2.37. The molecule has 132 valence electrons. The van der Waals surface area contributed by atoms with Gasteiger partial charge >= 0.3 is 0 Å². The summed E-state index contributed by atoms with van der Waals surface area (Å²) in [4.78, 5) is 11.1. The maximum atomic E-state index is 13.3. The van der Waals surface area contributed by atoms with Crippen LogP contribution in [0, 0.1) is 0 Å². The molecule has 1 atom stereocenters. The first-order valence-electron chi connectivity index (χ1n) is 8.28. The van der Waals surface area contributed by atoms with Crippen LogP contribution in [0.1, 0.15) is 25.8 Å². The average molecular weight is 358 g/mol. The maximum Gasteiger partial charge on any atom is 0.248 e. The topological polar surface area (TPSA) is 68.2 Å². The first-order chi connectivity index (χ1) is 11.8. The number of benzene rings is 1.